The number of hydrogen-bond donors (Lipinski definition) is 1. The van der Waals surface area contributed by atoms with Crippen LogP contribution in [-0.4, -0.2) is 35.7 Å². The van der Waals surface area contributed by atoms with Gasteiger partial charge in [-0.3, -0.25) is 4.90 Å². The van der Waals surface area contributed by atoms with E-state index in [1.165, 1.54) is 37.9 Å². The summed E-state index contributed by atoms with van der Waals surface area (Å²) in [5.41, 5.74) is 1.99. The number of aliphatic hydroxyl groups is 1. The first-order chi connectivity index (χ1) is 8.31. The lowest BCUT2D eigenvalue weighted by Crippen LogP contribution is -2.63. The van der Waals surface area contributed by atoms with Gasteiger partial charge in [-0.2, -0.15) is 0 Å². The summed E-state index contributed by atoms with van der Waals surface area (Å²) in [6, 6.07) is 10.8. The summed E-state index contributed by atoms with van der Waals surface area (Å²) in [6.45, 7) is 2.71. The average Bonchev–Trinajstić information content (AvgIpc) is 2.25. The Kier molecular flexibility index (Phi) is 2.93. The maximum absolute atomic E-state index is 9.54. The molecular formula is C15H21NO. The molecule has 0 bridgehead atoms. The molecule has 1 aromatic rings. The summed E-state index contributed by atoms with van der Waals surface area (Å²) in [6.07, 6.45) is 5.21. The Labute approximate surface area is 103 Å². The molecule has 1 saturated heterocycles. The number of likely N-dealkylation sites (tertiary alicyclic amines) is 1. The van der Waals surface area contributed by atoms with Crippen molar-refractivity contribution in [3.63, 3.8) is 0 Å². The highest BCUT2D eigenvalue weighted by molar-refractivity contribution is 5.16. The van der Waals surface area contributed by atoms with Gasteiger partial charge in [0.25, 0.3) is 0 Å². The zero-order valence-corrected chi connectivity index (χ0v) is 10.3. The van der Waals surface area contributed by atoms with E-state index < -0.39 is 0 Å². The van der Waals surface area contributed by atoms with Gasteiger partial charge in [-0.15, -0.1) is 0 Å². The Balaban J connectivity index is 1.57. The minimum Gasteiger partial charge on any atom is -0.395 e. The number of aliphatic hydroxyl groups excluding tert-OH is 1. The van der Waals surface area contributed by atoms with E-state index in [4.69, 9.17) is 0 Å². The van der Waals surface area contributed by atoms with Crippen molar-refractivity contribution in [1.82, 2.24) is 4.90 Å². The molecule has 1 aliphatic heterocycles. The van der Waals surface area contributed by atoms with Crippen molar-refractivity contribution in [2.75, 3.05) is 19.7 Å². The van der Waals surface area contributed by atoms with E-state index in [1.807, 2.05) is 6.07 Å². The van der Waals surface area contributed by atoms with Gasteiger partial charge in [0.15, 0.2) is 0 Å². The van der Waals surface area contributed by atoms with E-state index in [0.29, 0.717) is 11.5 Å². The zero-order chi connectivity index (χ0) is 11.7. The predicted octanol–water partition coefficient (Wildman–Crippen LogP) is 2.08. The summed E-state index contributed by atoms with van der Waals surface area (Å²) in [5, 5.41) is 9.54. The fourth-order valence-corrected chi connectivity index (χ4v) is 3.26. The fourth-order valence-electron chi connectivity index (χ4n) is 3.26. The summed E-state index contributed by atoms with van der Waals surface area (Å²) >= 11 is 0. The molecule has 1 aromatic carbocycles. The van der Waals surface area contributed by atoms with Gasteiger partial charge in [-0.05, 0) is 30.2 Å². The summed E-state index contributed by atoms with van der Waals surface area (Å²) < 4.78 is 0. The third-order valence-electron chi connectivity index (χ3n) is 4.53. The van der Waals surface area contributed by atoms with Crippen LogP contribution in [-0.2, 0) is 6.42 Å². The van der Waals surface area contributed by atoms with Crippen LogP contribution in [0.15, 0.2) is 30.3 Å². The van der Waals surface area contributed by atoms with Crippen LogP contribution in [0.3, 0.4) is 0 Å². The van der Waals surface area contributed by atoms with E-state index in [2.05, 4.69) is 29.2 Å². The maximum Gasteiger partial charge on any atom is 0.0590 e. The van der Waals surface area contributed by atoms with E-state index >= 15 is 0 Å². The van der Waals surface area contributed by atoms with Crippen LogP contribution in [0.1, 0.15) is 24.8 Å². The molecule has 2 fully saturated rings. The number of rotatable bonds is 4. The highest BCUT2D eigenvalue weighted by Crippen LogP contribution is 2.48. The van der Waals surface area contributed by atoms with E-state index in [9.17, 15) is 5.11 Å². The van der Waals surface area contributed by atoms with Crippen LogP contribution in [0, 0.1) is 5.41 Å². The van der Waals surface area contributed by atoms with Gasteiger partial charge in [0.2, 0.25) is 0 Å². The molecule has 2 aliphatic rings. The van der Waals surface area contributed by atoms with Gasteiger partial charge in [-0.25, -0.2) is 0 Å². The predicted molar refractivity (Wildman–Crippen MR) is 68.9 cm³/mol. The zero-order valence-electron chi connectivity index (χ0n) is 10.3. The van der Waals surface area contributed by atoms with E-state index in [1.54, 1.807) is 0 Å². The second kappa shape index (κ2) is 4.43. The second-order valence-corrected chi connectivity index (χ2v) is 5.78. The molecule has 1 saturated carbocycles. The first kappa shape index (κ1) is 11.2. The molecule has 1 N–H and O–H groups in total. The van der Waals surface area contributed by atoms with Crippen LogP contribution >= 0.6 is 0 Å². The number of benzene rings is 1. The minimum absolute atomic E-state index is 0.283. The van der Waals surface area contributed by atoms with Crippen molar-refractivity contribution in [3.8, 4) is 0 Å². The lowest BCUT2D eigenvalue weighted by Gasteiger charge is -2.58. The smallest absolute Gasteiger partial charge is 0.0590 e. The molecule has 0 radical (unpaired) electrons. The largest absolute Gasteiger partial charge is 0.395 e. The van der Waals surface area contributed by atoms with Crippen molar-refractivity contribution in [2.45, 2.75) is 31.7 Å². The quantitative estimate of drug-likeness (QED) is 0.857. The van der Waals surface area contributed by atoms with Crippen LogP contribution in [0.25, 0.3) is 0 Å². The van der Waals surface area contributed by atoms with Gasteiger partial charge in [0, 0.05) is 19.1 Å². The molecule has 92 valence electrons. The molecule has 0 amide bonds. The van der Waals surface area contributed by atoms with E-state index in [0.717, 1.165) is 6.42 Å². The van der Waals surface area contributed by atoms with Gasteiger partial charge in [-0.1, -0.05) is 36.8 Å². The maximum atomic E-state index is 9.54. The topological polar surface area (TPSA) is 23.5 Å². The van der Waals surface area contributed by atoms with Crippen LogP contribution in [0.2, 0.25) is 0 Å². The van der Waals surface area contributed by atoms with Gasteiger partial charge in [0.05, 0.1) is 6.61 Å². The van der Waals surface area contributed by atoms with Crippen molar-refractivity contribution >= 4 is 0 Å². The Morgan fingerprint density at radius 3 is 2.41 bits per heavy atom. The lowest BCUT2D eigenvalue weighted by atomic mass is 9.63. The Hall–Kier alpha value is -0.860. The Bertz CT molecular complexity index is 364. The first-order valence-electron chi connectivity index (χ1n) is 6.70. The first-order valence-corrected chi connectivity index (χ1v) is 6.70. The highest BCUT2D eigenvalue weighted by Gasteiger charge is 2.48. The standard InChI is InChI=1S/C15H21NO/c17-10-14(9-13-5-2-1-3-6-13)16-11-15(12-16)7-4-8-15/h1-3,5-6,14,17H,4,7-12H2/t14-/m1/s1. The minimum atomic E-state index is 0.283. The third-order valence-corrected chi connectivity index (χ3v) is 4.53. The fraction of sp³-hybridized carbons (Fsp3) is 0.600. The average molecular weight is 231 g/mol. The second-order valence-electron chi connectivity index (χ2n) is 5.78. The van der Waals surface area contributed by atoms with E-state index in [-0.39, 0.29) is 6.61 Å². The van der Waals surface area contributed by atoms with Gasteiger partial charge in [0.1, 0.15) is 0 Å². The molecule has 0 aromatic heterocycles. The number of nitrogens with zero attached hydrogens (tertiary/aromatic N) is 1. The van der Waals surface area contributed by atoms with Crippen molar-refractivity contribution in [3.05, 3.63) is 35.9 Å². The van der Waals surface area contributed by atoms with Crippen LogP contribution < -0.4 is 0 Å². The molecule has 1 heterocycles. The lowest BCUT2D eigenvalue weighted by molar-refractivity contribution is -0.0917. The molecule has 3 rings (SSSR count). The SMILES string of the molecule is OC[C@@H](Cc1ccccc1)N1CC2(CCC2)C1. The molecule has 1 spiro atoms. The molecule has 2 nitrogen and oxygen atoms in total. The Morgan fingerprint density at radius 2 is 1.88 bits per heavy atom. The number of hydrogen-bond acceptors (Lipinski definition) is 2. The van der Waals surface area contributed by atoms with Crippen LogP contribution in [0.4, 0.5) is 0 Å². The summed E-state index contributed by atoms with van der Waals surface area (Å²) in [5.74, 6) is 0. The monoisotopic (exact) mass is 231 g/mol. The van der Waals surface area contributed by atoms with Crippen molar-refractivity contribution in [2.24, 2.45) is 5.41 Å². The summed E-state index contributed by atoms with van der Waals surface area (Å²) in [4.78, 5) is 2.46. The van der Waals surface area contributed by atoms with Gasteiger partial charge >= 0.3 is 0 Å². The highest BCUT2D eigenvalue weighted by atomic mass is 16.3. The third kappa shape index (κ3) is 2.12. The van der Waals surface area contributed by atoms with Crippen molar-refractivity contribution in [1.29, 1.82) is 0 Å². The van der Waals surface area contributed by atoms with Crippen LogP contribution in [0.5, 0.6) is 0 Å². The van der Waals surface area contributed by atoms with Crippen molar-refractivity contribution < 1.29 is 5.11 Å². The molecule has 1 atom stereocenters. The molecule has 0 unspecified atom stereocenters. The van der Waals surface area contributed by atoms with Gasteiger partial charge < -0.3 is 5.11 Å². The molecule has 17 heavy (non-hydrogen) atoms. The Morgan fingerprint density at radius 1 is 1.18 bits per heavy atom. The summed E-state index contributed by atoms with van der Waals surface area (Å²) in [7, 11) is 0. The molecular weight excluding hydrogens is 210 g/mol. The molecule has 1 aliphatic carbocycles. The molecule has 2 heteroatoms. The normalized spacial score (nSPS) is 24.1.